The molecule has 30 heavy (non-hydrogen) atoms. The average Bonchev–Trinajstić information content (AvgIpc) is 3.15. The summed E-state index contributed by atoms with van der Waals surface area (Å²) in [4.78, 5) is 33.3. The first-order valence-electron chi connectivity index (χ1n) is 8.08. The molecule has 12 nitrogen and oxygen atoms in total. The van der Waals surface area contributed by atoms with Crippen molar-refractivity contribution in [3.05, 3.63) is 85.6 Å². The van der Waals surface area contributed by atoms with Crippen LogP contribution in [0.4, 0.5) is 17.2 Å². The van der Waals surface area contributed by atoms with Crippen LogP contribution in [-0.4, -0.2) is 25.5 Å². The van der Waals surface area contributed by atoms with Gasteiger partial charge in [-0.05, 0) is 30.3 Å². The molecule has 1 aromatic heterocycles. The quantitative estimate of drug-likeness (QED) is 0.498. The van der Waals surface area contributed by atoms with Gasteiger partial charge in [0.15, 0.2) is 5.82 Å². The number of hydrogen-bond acceptors (Lipinski definition) is 8. The molecule has 0 saturated carbocycles. The predicted octanol–water partition coefficient (Wildman–Crippen LogP) is 2.68. The van der Waals surface area contributed by atoms with Crippen LogP contribution in [0, 0.1) is 42.9 Å². The van der Waals surface area contributed by atoms with Crippen molar-refractivity contribution in [2.45, 2.75) is 0 Å². The minimum atomic E-state index is -0.831. The van der Waals surface area contributed by atoms with Crippen LogP contribution in [0.1, 0.15) is 21.5 Å². The summed E-state index contributed by atoms with van der Waals surface area (Å²) in [6, 6.07) is 12.3. The fourth-order valence-electron chi connectivity index (χ4n) is 2.56. The molecule has 146 valence electrons. The summed E-state index contributed by atoms with van der Waals surface area (Å²) >= 11 is 0. The fourth-order valence-corrected chi connectivity index (χ4v) is 2.56. The summed E-state index contributed by atoms with van der Waals surface area (Å²) in [6.45, 7) is 0. The van der Waals surface area contributed by atoms with Crippen LogP contribution in [0.3, 0.4) is 0 Å². The number of hydrogen-bond donors (Lipinski definition) is 1. The smallest absolute Gasteiger partial charge is 0.301 e. The molecule has 0 fully saturated rings. The number of aromatic nitrogens is 2. The highest BCUT2D eigenvalue weighted by Crippen LogP contribution is 2.30. The first-order chi connectivity index (χ1) is 14.3. The highest BCUT2D eigenvalue weighted by Gasteiger charge is 2.25. The zero-order valence-electron chi connectivity index (χ0n) is 14.8. The van der Waals surface area contributed by atoms with E-state index in [2.05, 4.69) is 10.4 Å². The van der Waals surface area contributed by atoms with Gasteiger partial charge in [0.05, 0.1) is 33.7 Å². The average molecular weight is 403 g/mol. The lowest BCUT2D eigenvalue weighted by Gasteiger charge is -2.10. The Labute approximate surface area is 167 Å². The summed E-state index contributed by atoms with van der Waals surface area (Å²) < 4.78 is 0.946. The number of benzene rings is 2. The number of nitriles is 2. The van der Waals surface area contributed by atoms with Crippen LogP contribution >= 0.6 is 0 Å². The van der Waals surface area contributed by atoms with Crippen molar-refractivity contribution in [2.75, 3.05) is 5.32 Å². The van der Waals surface area contributed by atoms with Gasteiger partial charge in [-0.15, -0.1) is 0 Å². The largest absolute Gasteiger partial charge is 0.305 e. The minimum Gasteiger partial charge on any atom is -0.305 e. The Hall–Kier alpha value is -5.10. The molecular weight excluding hydrogens is 394 g/mol. The fraction of sp³-hybridized carbons (Fsp3) is 0. The Morgan fingerprint density at radius 1 is 1.03 bits per heavy atom. The van der Waals surface area contributed by atoms with Crippen molar-refractivity contribution in [1.29, 1.82) is 10.5 Å². The van der Waals surface area contributed by atoms with E-state index in [1.807, 2.05) is 12.1 Å². The summed E-state index contributed by atoms with van der Waals surface area (Å²) in [7, 11) is 0. The summed E-state index contributed by atoms with van der Waals surface area (Å²) in [5.41, 5.74) is -0.876. The van der Waals surface area contributed by atoms with E-state index >= 15 is 0 Å². The summed E-state index contributed by atoms with van der Waals surface area (Å²) in [5.74, 6) is -0.800. The highest BCUT2D eigenvalue weighted by atomic mass is 16.6. The first kappa shape index (κ1) is 19.7. The maximum atomic E-state index is 12.6. The zero-order valence-corrected chi connectivity index (χ0v) is 14.8. The van der Waals surface area contributed by atoms with Crippen molar-refractivity contribution in [3.8, 4) is 17.8 Å². The number of carbonyl (C=O) groups excluding carboxylic acids is 1. The van der Waals surface area contributed by atoms with Crippen molar-refractivity contribution >= 4 is 23.1 Å². The molecule has 1 heterocycles. The van der Waals surface area contributed by atoms with Gasteiger partial charge in [-0.1, -0.05) is 0 Å². The Bertz CT molecular complexity index is 1270. The molecule has 3 aromatic rings. The number of amides is 1. The molecule has 0 unspecified atom stereocenters. The van der Waals surface area contributed by atoms with Gasteiger partial charge < -0.3 is 5.32 Å². The van der Waals surface area contributed by atoms with Crippen LogP contribution in [-0.2, 0) is 0 Å². The molecule has 0 bridgehead atoms. The van der Waals surface area contributed by atoms with E-state index in [-0.39, 0.29) is 22.6 Å². The van der Waals surface area contributed by atoms with Gasteiger partial charge in [0.2, 0.25) is 0 Å². The van der Waals surface area contributed by atoms with Gasteiger partial charge >= 0.3 is 5.69 Å². The Morgan fingerprint density at radius 2 is 1.73 bits per heavy atom. The third kappa shape index (κ3) is 3.64. The predicted molar refractivity (Wildman–Crippen MR) is 101 cm³/mol. The molecule has 3 rings (SSSR count). The summed E-state index contributed by atoms with van der Waals surface area (Å²) in [5, 5.41) is 46.9. The van der Waals surface area contributed by atoms with Gasteiger partial charge in [0.25, 0.3) is 11.6 Å². The monoisotopic (exact) mass is 403 g/mol. The lowest BCUT2D eigenvalue weighted by molar-refractivity contribution is -0.394. The van der Waals surface area contributed by atoms with Gasteiger partial charge in [-0.3, -0.25) is 25.0 Å². The van der Waals surface area contributed by atoms with E-state index in [1.54, 1.807) is 0 Å². The second-order valence-corrected chi connectivity index (χ2v) is 5.76. The normalized spacial score (nSPS) is 9.93. The molecule has 0 aliphatic heterocycles. The van der Waals surface area contributed by atoms with Crippen LogP contribution in [0.15, 0.2) is 48.7 Å². The third-order valence-corrected chi connectivity index (χ3v) is 3.99. The minimum absolute atomic E-state index is 0.0790. The summed E-state index contributed by atoms with van der Waals surface area (Å²) in [6.07, 6.45) is 1.10. The topological polar surface area (TPSA) is 181 Å². The van der Waals surface area contributed by atoms with Crippen molar-refractivity contribution in [3.63, 3.8) is 0 Å². The molecule has 1 amide bonds. The van der Waals surface area contributed by atoms with Crippen molar-refractivity contribution in [1.82, 2.24) is 9.78 Å². The molecule has 2 aromatic carbocycles. The number of nitro benzene ring substituents is 2. The molecule has 12 heteroatoms. The molecule has 0 aliphatic carbocycles. The van der Waals surface area contributed by atoms with Crippen molar-refractivity contribution < 1.29 is 14.6 Å². The molecule has 0 spiro atoms. The molecule has 0 aliphatic rings. The number of nitro groups is 2. The van der Waals surface area contributed by atoms with Crippen molar-refractivity contribution in [2.24, 2.45) is 0 Å². The maximum absolute atomic E-state index is 12.6. The lowest BCUT2D eigenvalue weighted by atomic mass is 10.1. The van der Waals surface area contributed by atoms with Crippen LogP contribution in [0.25, 0.3) is 5.69 Å². The van der Waals surface area contributed by atoms with Gasteiger partial charge in [-0.2, -0.15) is 15.6 Å². The zero-order chi connectivity index (χ0) is 21.8. The van der Waals surface area contributed by atoms with Gasteiger partial charge in [0, 0.05) is 11.6 Å². The van der Waals surface area contributed by atoms with Crippen LogP contribution in [0.2, 0.25) is 0 Å². The molecule has 0 saturated heterocycles. The molecular formula is C18H9N7O5. The van der Waals surface area contributed by atoms with E-state index in [1.165, 1.54) is 24.3 Å². The maximum Gasteiger partial charge on any atom is 0.301 e. The first-order valence-corrected chi connectivity index (χ1v) is 8.08. The number of rotatable bonds is 5. The number of nitrogens with one attached hydrogen (secondary N) is 1. The number of nitrogens with zero attached hydrogens (tertiary/aromatic N) is 6. The van der Waals surface area contributed by atoms with E-state index in [4.69, 9.17) is 5.26 Å². The van der Waals surface area contributed by atoms with E-state index in [9.17, 15) is 30.3 Å². The number of non-ortho nitro benzene ring substituents is 1. The number of carbonyl (C=O) groups is 1. The number of anilines is 1. The van der Waals surface area contributed by atoms with E-state index in [0.717, 1.165) is 29.1 Å². The third-order valence-electron chi connectivity index (χ3n) is 3.99. The highest BCUT2D eigenvalue weighted by molar-refractivity contribution is 6.04. The lowest BCUT2D eigenvalue weighted by Crippen LogP contribution is -2.16. The van der Waals surface area contributed by atoms with E-state index in [0.29, 0.717) is 5.56 Å². The van der Waals surface area contributed by atoms with E-state index < -0.39 is 27.1 Å². The van der Waals surface area contributed by atoms with Crippen LogP contribution < -0.4 is 5.32 Å². The SMILES string of the molecule is N#Cc1ccc(C(=O)Nc2c(C#N)cnn2-c2ccc([N+](=O)[O-])cc2[N+](=O)[O-])cc1. The second-order valence-electron chi connectivity index (χ2n) is 5.76. The standard InChI is InChI=1S/C18H9N7O5/c19-8-11-1-3-12(4-2-11)18(26)22-17-13(9-20)10-21-23(17)15-6-5-14(24(27)28)7-16(15)25(29)30/h1-7,10H,(H,22,26). The Balaban J connectivity index is 2.07. The Morgan fingerprint density at radius 3 is 2.30 bits per heavy atom. The molecule has 1 N–H and O–H groups in total. The second kappa shape index (κ2) is 7.87. The molecule has 0 atom stereocenters. The van der Waals surface area contributed by atoms with Crippen LogP contribution in [0.5, 0.6) is 0 Å². The molecule has 0 radical (unpaired) electrons. The Kier molecular flexibility index (Phi) is 5.16. The van der Waals surface area contributed by atoms with Gasteiger partial charge in [0.1, 0.15) is 17.3 Å². The van der Waals surface area contributed by atoms with Gasteiger partial charge in [-0.25, -0.2) is 4.68 Å².